The van der Waals surface area contributed by atoms with Gasteiger partial charge in [0, 0.05) is 19.1 Å². The Kier molecular flexibility index (Phi) is 8.51. The van der Waals surface area contributed by atoms with E-state index in [0.717, 1.165) is 25.7 Å². The Hall–Kier alpha value is -0.340. The molecule has 0 aliphatic rings. The fraction of sp³-hybridized carbons (Fsp3) is 0.800. The molecule has 0 aliphatic carbocycles. The quantitative estimate of drug-likeness (QED) is 0.453. The van der Waals surface area contributed by atoms with E-state index in [2.05, 4.69) is 12.2 Å². The van der Waals surface area contributed by atoms with Crippen molar-refractivity contribution >= 4 is 0 Å². The summed E-state index contributed by atoms with van der Waals surface area (Å²) in [4.78, 5) is 0. The van der Waals surface area contributed by atoms with Crippen LogP contribution >= 0.6 is 0 Å². The van der Waals surface area contributed by atoms with Gasteiger partial charge in [0.1, 0.15) is 0 Å². The Morgan fingerprint density at radius 1 is 1.17 bits per heavy atom. The zero-order valence-electron chi connectivity index (χ0n) is 7.87. The first-order valence-electron chi connectivity index (χ1n) is 4.68. The fourth-order valence-electron chi connectivity index (χ4n) is 1.10. The molecule has 2 N–H and O–H groups in total. The van der Waals surface area contributed by atoms with Crippen molar-refractivity contribution in [2.24, 2.45) is 5.92 Å². The van der Waals surface area contributed by atoms with Crippen LogP contribution in [0, 0.1) is 5.92 Å². The molecule has 2 heteroatoms. The standard InChI is InChI=1S/C10H20O2/c1-2-3-4-5-6-7-10(8-11)9-12/h2-3,10-12H,4-9H2,1H3. The summed E-state index contributed by atoms with van der Waals surface area (Å²) in [6.45, 7) is 2.24. The highest BCUT2D eigenvalue weighted by Gasteiger charge is 2.03. The van der Waals surface area contributed by atoms with Gasteiger partial charge < -0.3 is 10.2 Å². The van der Waals surface area contributed by atoms with Crippen molar-refractivity contribution in [2.75, 3.05) is 13.2 Å². The molecule has 12 heavy (non-hydrogen) atoms. The first kappa shape index (κ1) is 11.7. The summed E-state index contributed by atoms with van der Waals surface area (Å²) in [6.07, 6.45) is 8.49. The third-order valence-corrected chi connectivity index (χ3v) is 1.99. The van der Waals surface area contributed by atoms with E-state index in [-0.39, 0.29) is 19.1 Å². The first-order valence-corrected chi connectivity index (χ1v) is 4.68. The maximum absolute atomic E-state index is 8.75. The first-order chi connectivity index (χ1) is 5.85. The van der Waals surface area contributed by atoms with E-state index >= 15 is 0 Å². The van der Waals surface area contributed by atoms with E-state index in [1.807, 2.05) is 6.92 Å². The molecule has 0 atom stereocenters. The van der Waals surface area contributed by atoms with Crippen LogP contribution < -0.4 is 0 Å². The number of allylic oxidation sites excluding steroid dienone is 2. The highest BCUT2D eigenvalue weighted by Crippen LogP contribution is 2.08. The minimum atomic E-state index is 0.0932. The van der Waals surface area contributed by atoms with Crippen LogP contribution in [0.25, 0.3) is 0 Å². The zero-order valence-corrected chi connectivity index (χ0v) is 7.87. The van der Waals surface area contributed by atoms with Gasteiger partial charge in [0.2, 0.25) is 0 Å². The molecule has 72 valence electrons. The Labute approximate surface area is 74.9 Å². The van der Waals surface area contributed by atoms with E-state index in [1.165, 1.54) is 0 Å². The molecule has 0 aromatic carbocycles. The minimum absolute atomic E-state index is 0.0932. The van der Waals surface area contributed by atoms with Gasteiger partial charge in [-0.1, -0.05) is 18.6 Å². The summed E-state index contributed by atoms with van der Waals surface area (Å²) >= 11 is 0. The van der Waals surface area contributed by atoms with Gasteiger partial charge in [-0.2, -0.15) is 0 Å². The fourth-order valence-corrected chi connectivity index (χ4v) is 1.10. The van der Waals surface area contributed by atoms with Crippen LogP contribution in [0.15, 0.2) is 12.2 Å². The normalized spacial score (nSPS) is 11.7. The summed E-state index contributed by atoms with van der Waals surface area (Å²) in [5, 5.41) is 17.5. The number of aliphatic hydroxyl groups excluding tert-OH is 2. The molecule has 0 radical (unpaired) electrons. The molecule has 0 aromatic rings. The lowest BCUT2D eigenvalue weighted by atomic mass is 10.0. The Balaban J connectivity index is 3.17. The van der Waals surface area contributed by atoms with E-state index in [9.17, 15) is 0 Å². The number of unbranched alkanes of at least 4 members (excludes halogenated alkanes) is 2. The monoisotopic (exact) mass is 172 g/mol. The third-order valence-electron chi connectivity index (χ3n) is 1.99. The van der Waals surface area contributed by atoms with Crippen molar-refractivity contribution in [1.82, 2.24) is 0 Å². The van der Waals surface area contributed by atoms with Gasteiger partial charge in [0.15, 0.2) is 0 Å². The lowest BCUT2D eigenvalue weighted by Gasteiger charge is -2.08. The minimum Gasteiger partial charge on any atom is -0.396 e. The van der Waals surface area contributed by atoms with Crippen LogP contribution in [0.2, 0.25) is 0 Å². The van der Waals surface area contributed by atoms with Crippen molar-refractivity contribution in [3.8, 4) is 0 Å². The van der Waals surface area contributed by atoms with Crippen LogP contribution in [-0.4, -0.2) is 23.4 Å². The van der Waals surface area contributed by atoms with Crippen molar-refractivity contribution in [3.05, 3.63) is 12.2 Å². The number of hydrogen-bond acceptors (Lipinski definition) is 2. The summed E-state index contributed by atoms with van der Waals surface area (Å²) in [6, 6.07) is 0. The van der Waals surface area contributed by atoms with E-state index in [0.29, 0.717) is 0 Å². The molecule has 0 saturated heterocycles. The lowest BCUT2D eigenvalue weighted by molar-refractivity contribution is 0.142. The average molecular weight is 172 g/mol. The second-order valence-electron chi connectivity index (χ2n) is 3.08. The smallest absolute Gasteiger partial charge is 0.0481 e. The Morgan fingerprint density at radius 2 is 1.83 bits per heavy atom. The molecule has 2 nitrogen and oxygen atoms in total. The molecule has 0 aromatic heterocycles. The van der Waals surface area contributed by atoms with Crippen LogP contribution in [0.1, 0.15) is 32.6 Å². The third kappa shape index (κ3) is 6.38. The molecule has 0 bridgehead atoms. The van der Waals surface area contributed by atoms with Gasteiger partial charge in [0.05, 0.1) is 0 Å². The molecule has 0 heterocycles. The van der Waals surface area contributed by atoms with E-state index < -0.39 is 0 Å². The highest BCUT2D eigenvalue weighted by atomic mass is 16.3. The molecule has 0 rings (SSSR count). The maximum atomic E-state index is 8.75. The van der Waals surface area contributed by atoms with Gasteiger partial charge in [-0.05, 0) is 26.2 Å². The molecule has 0 amide bonds. The van der Waals surface area contributed by atoms with Crippen molar-refractivity contribution in [1.29, 1.82) is 0 Å². The SMILES string of the molecule is CC=CCCCCC(CO)CO. The summed E-state index contributed by atoms with van der Waals surface area (Å²) in [7, 11) is 0. The molecular formula is C10H20O2. The molecule has 0 aliphatic heterocycles. The predicted molar refractivity (Wildman–Crippen MR) is 50.9 cm³/mol. The zero-order chi connectivity index (χ0) is 9.23. The molecule has 0 unspecified atom stereocenters. The van der Waals surface area contributed by atoms with Gasteiger partial charge in [-0.15, -0.1) is 0 Å². The number of rotatable bonds is 7. The Bertz CT molecular complexity index is 106. The highest BCUT2D eigenvalue weighted by molar-refractivity contribution is 4.76. The van der Waals surface area contributed by atoms with E-state index in [4.69, 9.17) is 10.2 Å². The molecule has 0 spiro atoms. The summed E-state index contributed by atoms with van der Waals surface area (Å²) in [5.41, 5.74) is 0. The van der Waals surface area contributed by atoms with Crippen LogP contribution in [0.3, 0.4) is 0 Å². The number of aliphatic hydroxyl groups is 2. The largest absolute Gasteiger partial charge is 0.396 e. The van der Waals surface area contributed by atoms with E-state index in [1.54, 1.807) is 0 Å². The second kappa shape index (κ2) is 8.75. The van der Waals surface area contributed by atoms with Gasteiger partial charge in [-0.25, -0.2) is 0 Å². The topological polar surface area (TPSA) is 40.5 Å². The predicted octanol–water partition coefficient (Wildman–Crippen LogP) is 1.72. The van der Waals surface area contributed by atoms with Gasteiger partial charge >= 0.3 is 0 Å². The molecule has 0 saturated carbocycles. The van der Waals surface area contributed by atoms with Gasteiger partial charge in [0.25, 0.3) is 0 Å². The van der Waals surface area contributed by atoms with Crippen molar-refractivity contribution in [3.63, 3.8) is 0 Å². The van der Waals surface area contributed by atoms with Crippen molar-refractivity contribution < 1.29 is 10.2 Å². The summed E-state index contributed by atoms with van der Waals surface area (Å²) < 4.78 is 0. The summed E-state index contributed by atoms with van der Waals surface area (Å²) in [5.74, 6) is 0.0932. The average Bonchev–Trinajstić information content (AvgIpc) is 2.11. The van der Waals surface area contributed by atoms with Crippen LogP contribution in [0.4, 0.5) is 0 Å². The molecule has 0 fully saturated rings. The van der Waals surface area contributed by atoms with Crippen LogP contribution in [-0.2, 0) is 0 Å². The maximum Gasteiger partial charge on any atom is 0.0481 e. The van der Waals surface area contributed by atoms with Crippen molar-refractivity contribution in [2.45, 2.75) is 32.6 Å². The second-order valence-corrected chi connectivity index (χ2v) is 3.08. The number of hydrogen-bond donors (Lipinski definition) is 2. The Morgan fingerprint density at radius 3 is 2.33 bits per heavy atom. The van der Waals surface area contributed by atoms with Gasteiger partial charge in [-0.3, -0.25) is 0 Å². The lowest BCUT2D eigenvalue weighted by Crippen LogP contribution is -2.10. The van der Waals surface area contributed by atoms with Crippen LogP contribution in [0.5, 0.6) is 0 Å². The molecular weight excluding hydrogens is 152 g/mol.